The first-order valence-electron chi connectivity index (χ1n) is 10.2. The van der Waals surface area contributed by atoms with Gasteiger partial charge in [0.15, 0.2) is 11.5 Å². The Morgan fingerprint density at radius 2 is 1.62 bits per heavy atom. The maximum atomic E-state index is 13.4. The van der Waals surface area contributed by atoms with Crippen molar-refractivity contribution in [2.75, 3.05) is 34.4 Å². The largest absolute Gasteiger partial charge is 0.493 e. The van der Waals surface area contributed by atoms with Crippen molar-refractivity contribution in [1.29, 1.82) is 0 Å². The molecule has 1 heterocycles. The highest BCUT2D eigenvalue weighted by Gasteiger charge is 2.27. The van der Waals surface area contributed by atoms with Gasteiger partial charge in [-0.2, -0.15) is 0 Å². The van der Waals surface area contributed by atoms with E-state index in [0.29, 0.717) is 24.5 Å². The third-order valence-electron chi connectivity index (χ3n) is 5.73. The predicted molar refractivity (Wildman–Crippen MR) is 115 cm³/mol. The summed E-state index contributed by atoms with van der Waals surface area (Å²) in [5.74, 6) is 1.49. The topological polar surface area (TPSA) is 42.0 Å². The number of amides is 1. The van der Waals surface area contributed by atoms with Crippen LogP contribution in [0.3, 0.4) is 0 Å². The number of ether oxygens (including phenoxy) is 2. The van der Waals surface area contributed by atoms with Crippen molar-refractivity contribution in [1.82, 2.24) is 9.80 Å². The molecule has 29 heavy (non-hydrogen) atoms. The summed E-state index contributed by atoms with van der Waals surface area (Å²) in [4.78, 5) is 17.8. The van der Waals surface area contributed by atoms with E-state index >= 15 is 0 Å². The zero-order valence-corrected chi connectivity index (χ0v) is 18.0. The number of aryl methyl sites for hydroxylation is 1. The minimum Gasteiger partial charge on any atom is -0.493 e. The van der Waals surface area contributed by atoms with Crippen molar-refractivity contribution >= 4 is 5.91 Å². The zero-order valence-electron chi connectivity index (χ0n) is 18.0. The van der Waals surface area contributed by atoms with Crippen LogP contribution in [0.1, 0.15) is 29.5 Å². The lowest BCUT2D eigenvalue weighted by Crippen LogP contribution is -2.46. The zero-order chi connectivity index (χ0) is 20.8. The molecule has 156 valence electrons. The van der Waals surface area contributed by atoms with Crippen LogP contribution in [-0.4, -0.2) is 56.1 Å². The molecule has 0 unspecified atom stereocenters. The van der Waals surface area contributed by atoms with Crippen molar-refractivity contribution in [2.24, 2.45) is 0 Å². The Balaban J connectivity index is 1.78. The number of piperidine rings is 1. The van der Waals surface area contributed by atoms with Gasteiger partial charge in [0, 0.05) is 12.6 Å². The van der Waals surface area contributed by atoms with Crippen LogP contribution < -0.4 is 9.47 Å². The number of methoxy groups -OCH3 is 2. The Morgan fingerprint density at radius 1 is 1.00 bits per heavy atom. The Bertz CT molecular complexity index is 811. The number of nitrogens with zero attached hydrogens (tertiary/aromatic N) is 2. The molecule has 0 spiro atoms. The van der Waals surface area contributed by atoms with E-state index in [-0.39, 0.29) is 11.9 Å². The molecule has 5 nitrogen and oxygen atoms in total. The third kappa shape index (κ3) is 5.51. The van der Waals surface area contributed by atoms with Crippen molar-refractivity contribution in [3.05, 3.63) is 59.2 Å². The fourth-order valence-electron chi connectivity index (χ4n) is 3.88. The van der Waals surface area contributed by atoms with Crippen molar-refractivity contribution in [2.45, 2.75) is 38.8 Å². The molecule has 0 aliphatic carbocycles. The summed E-state index contributed by atoms with van der Waals surface area (Å²) >= 11 is 0. The number of likely N-dealkylation sites (tertiary alicyclic amines) is 1. The minimum absolute atomic E-state index is 0.160. The average Bonchev–Trinajstić information content (AvgIpc) is 2.74. The highest BCUT2D eigenvalue weighted by atomic mass is 16.5. The van der Waals surface area contributed by atoms with Crippen LogP contribution in [0.25, 0.3) is 0 Å². The number of rotatable bonds is 7. The molecule has 1 amide bonds. The van der Waals surface area contributed by atoms with Gasteiger partial charge in [-0.1, -0.05) is 35.9 Å². The summed E-state index contributed by atoms with van der Waals surface area (Å²) in [6.45, 7) is 4.79. The molecule has 0 bridgehead atoms. The summed E-state index contributed by atoms with van der Waals surface area (Å²) in [6.07, 6.45) is 2.39. The Kier molecular flexibility index (Phi) is 7.15. The molecule has 2 aromatic rings. The first-order valence-corrected chi connectivity index (χ1v) is 10.2. The van der Waals surface area contributed by atoms with E-state index in [1.807, 2.05) is 18.2 Å². The average molecular weight is 397 g/mol. The van der Waals surface area contributed by atoms with Crippen LogP contribution in [0.4, 0.5) is 0 Å². The van der Waals surface area contributed by atoms with Crippen molar-refractivity contribution in [3.8, 4) is 11.5 Å². The van der Waals surface area contributed by atoms with Crippen LogP contribution in [0.15, 0.2) is 42.5 Å². The van der Waals surface area contributed by atoms with Gasteiger partial charge in [-0.05, 0) is 63.2 Å². The van der Waals surface area contributed by atoms with Gasteiger partial charge in [-0.15, -0.1) is 0 Å². The molecule has 1 aliphatic rings. The van der Waals surface area contributed by atoms with Crippen LogP contribution in [-0.2, 0) is 17.8 Å². The van der Waals surface area contributed by atoms with E-state index in [0.717, 1.165) is 31.5 Å². The Labute approximate surface area is 174 Å². The summed E-state index contributed by atoms with van der Waals surface area (Å²) in [5, 5.41) is 0. The van der Waals surface area contributed by atoms with Crippen LogP contribution in [0.2, 0.25) is 0 Å². The summed E-state index contributed by atoms with van der Waals surface area (Å²) in [7, 11) is 5.38. The normalized spacial score (nSPS) is 15.2. The molecule has 0 radical (unpaired) electrons. The number of carbonyl (C=O) groups is 1. The number of hydrogen-bond acceptors (Lipinski definition) is 4. The van der Waals surface area contributed by atoms with Gasteiger partial charge < -0.3 is 19.3 Å². The fraction of sp³-hybridized carbons (Fsp3) is 0.458. The second kappa shape index (κ2) is 9.79. The van der Waals surface area contributed by atoms with Gasteiger partial charge >= 0.3 is 0 Å². The Morgan fingerprint density at radius 3 is 2.24 bits per heavy atom. The standard InChI is InChI=1S/C24H32N2O3/c1-18-5-7-19(8-6-18)17-26(21-11-13-25(2)14-12-21)24(27)16-20-9-10-22(28-3)23(15-20)29-4/h5-10,15,21H,11-14,16-17H2,1-4H3. The highest BCUT2D eigenvalue weighted by Crippen LogP contribution is 2.28. The van der Waals surface area contributed by atoms with Crippen LogP contribution >= 0.6 is 0 Å². The van der Waals surface area contributed by atoms with Gasteiger partial charge in [0.25, 0.3) is 0 Å². The van der Waals surface area contributed by atoms with Crippen molar-refractivity contribution in [3.63, 3.8) is 0 Å². The second-order valence-corrected chi connectivity index (χ2v) is 7.91. The maximum Gasteiger partial charge on any atom is 0.227 e. The van der Waals surface area contributed by atoms with E-state index in [1.54, 1.807) is 14.2 Å². The molecular formula is C24H32N2O3. The molecule has 1 saturated heterocycles. The summed E-state index contributed by atoms with van der Waals surface area (Å²) in [6, 6.07) is 14.5. The second-order valence-electron chi connectivity index (χ2n) is 7.91. The highest BCUT2D eigenvalue weighted by molar-refractivity contribution is 5.79. The van der Waals surface area contributed by atoms with E-state index in [1.165, 1.54) is 11.1 Å². The molecule has 1 fully saturated rings. The van der Waals surface area contributed by atoms with Gasteiger partial charge in [-0.3, -0.25) is 4.79 Å². The van der Waals surface area contributed by atoms with E-state index in [4.69, 9.17) is 9.47 Å². The Hall–Kier alpha value is -2.53. The number of benzene rings is 2. The lowest BCUT2D eigenvalue weighted by atomic mass is 10.0. The molecule has 2 aromatic carbocycles. The molecule has 5 heteroatoms. The molecule has 1 aliphatic heterocycles. The maximum absolute atomic E-state index is 13.4. The molecule has 0 atom stereocenters. The first kappa shape index (κ1) is 21.2. The van der Waals surface area contributed by atoms with Gasteiger partial charge in [0.2, 0.25) is 5.91 Å². The van der Waals surface area contributed by atoms with Gasteiger partial charge in [-0.25, -0.2) is 0 Å². The molecule has 3 rings (SSSR count). The smallest absolute Gasteiger partial charge is 0.227 e. The predicted octanol–water partition coefficient (Wildman–Crippen LogP) is 3.68. The molecule has 0 saturated carbocycles. The van der Waals surface area contributed by atoms with Gasteiger partial charge in [0.05, 0.1) is 20.6 Å². The fourth-order valence-corrected chi connectivity index (χ4v) is 3.88. The molecular weight excluding hydrogens is 364 g/mol. The monoisotopic (exact) mass is 396 g/mol. The quantitative estimate of drug-likeness (QED) is 0.716. The minimum atomic E-state index is 0.160. The molecule has 0 N–H and O–H groups in total. The summed E-state index contributed by atoms with van der Waals surface area (Å²) in [5.41, 5.74) is 3.35. The van der Waals surface area contributed by atoms with Crippen LogP contribution in [0.5, 0.6) is 11.5 Å². The number of carbonyl (C=O) groups excluding carboxylic acids is 1. The van der Waals surface area contributed by atoms with E-state index < -0.39 is 0 Å². The van der Waals surface area contributed by atoms with Crippen LogP contribution in [0, 0.1) is 6.92 Å². The van der Waals surface area contributed by atoms with Gasteiger partial charge in [0.1, 0.15) is 0 Å². The molecule has 0 aromatic heterocycles. The SMILES string of the molecule is COc1ccc(CC(=O)N(Cc2ccc(C)cc2)C2CCN(C)CC2)cc1OC. The third-order valence-corrected chi connectivity index (χ3v) is 5.73. The lowest BCUT2D eigenvalue weighted by molar-refractivity contribution is -0.134. The first-order chi connectivity index (χ1) is 14.0. The number of hydrogen-bond donors (Lipinski definition) is 0. The van der Waals surface area contributed by atoms with Crippen molar-refractivity contribution < 1.29 is 14.3 Å². The summed E-state index contributed by atoms with van der Waals surface area (Å²) < 4.78 is 10.7. The lowest BCUT2D eigenvalue weighted by Gasteiger charge is -2.37. The van der Waals surface area contributed by atoms with E-state index in [2.05, 4.69) is 48.0 Å². The van der Waals surface area contributed by atoms with E-state index in [9.17, 15) is 4.79 Å².